The maximum atomic E-state index is 5.99. The Bertz CT molecular complexity index is 902. The fraction of sp³-hybridized carbons (Fsp3) is 0.348. The van der Waals surface area contributed by atoms with Crippen LogP contribution in [0.25, 0.3) is 11.5 Å². The highest BCUT2D eigenvalue weighted by molar-refractivity contribution is 5.53. The minimum atomic E-state index is 0.590. The maximum absolute atomic E-state index is 5.99. The molecule has 0 saturated carbocycles. The number of hydrogen-bond acceptors (Lipinski definition) is 4. The predicted octanol–water partition coefficient (Wildman–Crippen LogP) is 4.65. The Balaban J connectivity index is 1.37. The quantitative estimate of drug-likeness (QED) is 0.664. The van der Waals surface area contributed by atoms with Gasteiger partial charge >= 0.3 is 0 Å². The summed E-state index contributed by atoms with van der Waals surface area (Å²) in [6.07, 6.45) is 4.13. The van der Waals surface area contributed by atoms with E-state index in [9.17, 15) is 0 Å². The summed E-state index contributed by atoms with van der Waals surface area (Å²) in [5.41, 5.74) is 10.5. The molecule has 0 amide bonds. The van der Waals surface area contributed by atoms with Crippen LogP contribution in [0.15, 0.2) is 52.9 Å². The van der Waals surface area contributed by atoms with Crippen LogP contribution in [0.4, 0.5) is 0 Å². The number of hydrogen-bond donors (Lipinski definition) is 1. The zero-order chi connectivity index (χ0) is 18.6. The van der Waals surface area contributed by atoms with Crippen LogP contribution < -0.4 is 10.5 Å². The van der Waals surface area contributed by atoms with Crippen molar-refractivity contribution >= 4 is 0 Å². The van der Waals surface area contributed by atoms with Crippen LogP contribution in [0, 0.1) is 6.92 Å². The molecule has 1 aliphatic carbocycles. The Morgan fingerprint density at radius 2 is 2.04 bits per heavy atom. The third kappa shape index (κ3) is 3.91. The van der Waals surface area contributed by atoms with Gasteiger partial charge in [0.1, 0.15) is 11.5 Å². The van der Waals surface area contributed by atoms with E-state index >= 15 is 0 Å². The van der Waals surface area contributed by atoms with Gasteiger partial charge in [-0.1, -0.05) is 24.3 Å². The van der Waals surface area contributed by atoms with Crippen LogP contribution in [0.5, 0.6) is 5.75 Å². The van der Waals surface area contributed by atoms with Gasteiger partial charge in [0.15, 0.2) is 0 Å². The van der Waals surface area contributed by atoms with Crippen molar-refractivity contribution in [2.45, 2.75) is 38.5 Å². The third-order valence-corrected chi connectivity index (χ3v) is 5.35. The van der Waals surface area contributed by atoms with E-state index in [2.05, 4.69) is 23.2 Å². The van der Waals surface area contributed by atoms with Crippen molar-refractivity contribution < 1.29 is 9.15 Å². The highest BCUT2D eigenvalue weighted by Gasteiger charge is 2.22. The summed E-state index contributed by atoms with van der Waals surface area (Å²) in [7, 11) is 0. The number of aryl methyl sites for hydroxylation is 2. The van der Waals surface area contributed by atoms with Crippen molar-refractivity contribution in [1.82, 2.24) is 4.98 Å². The van der Waals surface area contributed by atoms with E-state index in [0.29, 0.717) is 18.4 Å². The summed E-state index contributed by atoms with van der Waals surface area (Å²) in [6, 6.07) is 16.5. The van der Waals surface area contributed by atoms with E-state index in [1.165, 1.54) is 17.5 Å². The molecule has 0 radical (unpaired) electrons. The number of benzene rings is 2. The van der Waals surface area contributed by atoms with Gasteiger partial charge in [-0.3, -0.25) is 0 Å². The van der Waals surface area contributed by atoms with Gasteiger partial charge in [0.25, 0.3) is 0 Å². The summed E-state index contributed by atoms with van der Waals surface area (Å²) in [6.45, 7) is 3.30. The molecule has 2 aromatic carbocycles. The smallest absolute Gasteiger partial charge is 0.226 e. The molecule has 2 N–H and O–H groups in total. The first-order valence-electron chi connectivity index (χ1n) is 9.72. The van der Waals surface area contributed by atoms with Crippen LogP contribution >= 0.6 is 0 Å². The molecule has 0 bridgehead atoms. The molecule has 0 fully saturated rings. The maximum Gasteiger partial charge on any atom is 0.226 e. The first-order valence-corrected chi connectivity index (χ1v) is 9.72. The first kappa shape index (κ1) is 17.8. The zero-order valence-corrected chi connectivity index (χ0v) is 15.8. The van der Waals surface area contributed by atoms with Crippen LogP contribution in [0.3, 0.4) is 0 Å². The third-order valence-electron chi connectivity index (χ3n) is 5.35. The molecule has 1 heterocycles. The van der Waals surface area contributed by atoms with Crippen molar-refractivity contribution in [2.24, 2.45) is 5.73 Å². The summed E-state index contributed by atoms with van der Waals surface area (Å²) >= 11 is 0. The van der Waals surface area contributed by atoms with Gasteiger partial charge in [0.05, 0.1) is 12.3 Å². The molecule has 1 aliphatic rings. The molecule has 4 rings (SSSR count). The standard InChI is InChI=1S/C23H26N2O2/c1-16-22(25-23(27-16)18-5-3-2-4-6-18)12-14-26-20-9-10-21-17(11-13-24)7-8-19(21)15-20/h2-6,9-10,15,17H,7-8,11-14,24H2,1H3. The fourth-order valence-corrected chi connectivity index (χ4v) is 3.90. The van der Waals surface area contributed by atoms with Gasteiger partial charge < -0.3 is 14.9 Å². The van der Waals surface area contributed by atoms with Crippen molar-refractivity contribution in [3.05, 3.63) is 71.1 Å². The lowest BCUT2D eigenvalue weighted by Crippen LogP contribution is -2.05. The van der Waals surface area contributed by atoms with E-state index in [-0.39, 0.29) is 0 Å². The molecule has 0 saturated heterocycles. The van der Waals surface area contributed by atoms with Gasteiger partial charge in [-0.2, -0.15) is 0 Å². The summed E-state index contributed by atoms with van der Waals surface area (Å²) in [5.74, 6) is 3.09. The molecule has 0 spiro atoms. The number of rotatable bonds is 7. The summed E-state index contributed by atoms with van der Waals surface area (Å²) in [5, 5.41) is 0. The van der Waals surface area contributed by atoms with Crippen molar-refractivity contribution in [2.75, 3.05) is 13.2 Å². The lowest BCUT2D eigenvalue weighted by atomic mass is 9.98. The molecule has 1 aromatic heterocycles. The minimum absolute atomic E-state index is 0.590. The van der Waals surface area contributed by atoms with E-state index < -0.39 is 0 Å². The summed E-state index contributed by atoms with van der Waals surface area (Å²) < 4.78 is 11.8. The highest BCUT2D eigenvalue weighted by atomic mass is 16.5. The molecule has 1 atom stereocenters. The van der Waals surface area contributed by atoms with Crippen molar-refractivity contribution in [3.63, 3.8) is 0 Å². The monoisotopic (exact) mass is 362 g/mol. The van der Waals surface area contributed by atoms with Gasteiger partial charge in [-0.15, -0.1) is 0 Å². The average molecular weight is 362 g/mol. The second kappa shape index (κ2) is 7.97. The molecule has 4 nitrogen and oxygen atoms in total. The van der Waals surface area contributed by atoms with Crippen LogP contribution in [0.2, 0.25) is 0 Å². The average Bonchev–Trinajstić information content (AvgIpc) is 3.26. The minimum Gasteiger partial charge on any atom is -0.493 e. The molecular formula is C23H26N2O2. The first-order chi connectivity index (χ1) is 13.2. The normalized spacial score (nSPS) is 15.7. The number of ether oxygens (including phenoxy) is 1. The van der Waals surface area contributed by atoms with Crippen molar-refractivity contribution in [1.29, 1.82) is 0 Å². The Morgan fingerprint density at radius 1 is 1.19 bits per heavy atom. The van der Waals surface area contributed by atoms with Gasteiger partial charge in [0, 0.05) is 12.0 Å². The van der Waals surface area contributed by atoms with E-state index in [0.717, 1.165) is 48.6 Å². The molecule has 27 heavy (non-hydrogen) atoms. The van der Waals surface area contributed by atoms with Crippen LogP contribution in [-0.4, -0.2) is 18.1 Å². The highest BCUT2D eigenvalue weighted by Crippen LogP contribution is 2.37. The van der Waals surface area contributed by atoms with E-state index in [4.69, 9.17) is 14.9 Å². The van der Waals surface area contributed by atoms with Crippen molar-refractivity contribution in [3.8, 4) is 17.2 Å². The molecule has 1 unspecified atom stereocenters. The lowest BCUT2D eigenvalue weighted by Gasteiger charge is -2.11. The lowest BCUT2D eigenvalue weighted by molar-refractivity contribution is 0.319. The molecule has 140 valence electrons. The number of fused-ring (bicyclic) bond motifs is 1. The second-order valence-corrected chi connectivity index (χ2v) is 7.16. The van der Waals surface area contributed by atoms with E-state index in [1.807, 2.05) is 37.3 Å². The number of aromatic nitrogens is 1. The van der Waals surface area contributed by atoms with E-state index in [1.54, 1.807) is 0 Å². The topological polar surface area (TPSA) is 61.3 Å². The Hall–Kier alpha value is -2.59. The number of oxazole rings is 1. The second-order valence-electron chi connectivity index (χ2n) is 7.16. The fourth-order valence-electron chi connectivity index (χ4n) is 3.90. The number of nitrogens with zero attached hydrogens (tertiary/aromatic N) is 1. The van der Waals surface area contributed by atoms with Gasteiger partial charge in [-0.05, 0) is 74.0 Å². The largest absolute Gasteiger partial charge is 0.493 e. The number of nitrogens with two attached hydrogens (primary N) is 1. The molecular weight excluding hydrogens is 336 g/mol. The molecule has 4 heteroatoms. The molecule has 3 aromatic rings. The van der Waals surface area contributed by atoms with Gasteiger partial charge in [0.2, 0.25) is 5.89 Å². The Kier molecular flexibility index (Phi) is 5.26. The molecule has 0 aliphatic heterocycles. The summed E-state index contributed by atoms with van der Waals surface area (Å²) in [4.78, 5) is 4.64. The van der Waals surface area contributed by atoms with Crippen LogP contribution in [-0.2, 0) is 12.8 Å². The predicted molar refractivity (Wildman–Crippen MR) is 107 cm³/mol. The van der Waals surface area contributed by atoms with Gasteiger partial charge in [-0.25, -0.2) is 4.98 Å². The Labute approximate surface area is 160 Å². The SMILES string of the molecule is Cc1oc(-c2ccccc2)nc1CCOc1ccc2c(c1)CCC2CCN. The Morgan fingerprint density at radius 3 is 2.85 bits per heavy atom. The zero-order valence-electron chi connectivity index (χ0n) is 15.8. The van der Waals surface area contributed by atoms with Crippen LogP contribution in [0.1, 0.15) is 41.3 Å².